The van der Waals surface area contributed by atoms with Gasteiger partial charge in [0.25, 0.3) is 0 Å². The summed E-state index contributed by atoms with van der Waals surface area (Å²) in [6, 6.07) is 0. The van der Waals surface area contributed by atoms with E-state index in [1.54, 1.807) is 19.0 Å². The van der Waals surface area contributed by atoms with Gasteiger partial charge >= 0.3 is 0 Å². The largest absolute Gasteiger partial charge is 0.396 e. The van der Waals surface area contributed by atoms with Crippen LogP contribution in [-0.2, 0) is 4.79 Å². The number of rotatable bonds is 5. The zero-order chi connectivity index (χ0) is 13.2. The van der Waals surface area contributed by atoms with Crippen molar-refractivity contribution in [2.45, 2.75) is 32.1 Å². The number of piperidine rings is 1. The van der Waals surface area contributed by atoms with Gasteiger partial charge in [0.1, 0.15) is 0 Å². The van der Waals surface area contributed by atoms with E-state index >= 15 is 0 Å². The first kappa shape index (κ1) is 13.8. The van der Waals surface area contributed by atoms with Crippen molar-refractivity contribution in [2.24, 2.45) is 11.3 Å². The SMILES string of the molecule is CN(C)C(=O)CN1CCC[C@@](CO)(CC2CC2)C1. The summed E-state index contributed by atoms with van der Waals surface area (Å²) < 4.78 is 0. The van der Waals surface area contributed by atoms with Crippen LogP contribution in [0.2, 0.25) is 0 Å². The van der Waals surface area contributed by atoms with E-state index in [9.17, 15) is 9.90 Å². The normalized spacial score (nSPS) is 29.3. The molecule has 0 aromatic heterocycles. The Hall–Kier alpha value is -0.610. The van der Waals surface area contributed by atoms with Gasteiger partial charge in [-0.05, 0) is 31.7 Å². The lowest BCUT2D eigenvalue weighted by Crippen LogP contribution is -2.48. The molecule has 1 saturated heterocycles. The number of nitrogens with zero attached hydrogens (tertiary/aromatic N) is 2. The van der Waals surface area contributed by atoms with Gasteiger partial charge < -0.3 is 10.0 Å². The van der Waals surface area contributed by atoms with E-state index in [2.05, 4.69) is 4.90 Å². The highest BCUT2D eigenvalue weighted by atomic mass is 16.3. The van der Waals surface area contributed by atoms with Crippen LogP contribution in [0.15, 0.2) is 0 Å². The number of aliphatic hydroxyl groups is 1. The second kappa shape index (κ2) is 5.57. The third kappa shape index (κ3) is 3.45. The van der Waals surface area contributed by atoms with Crippen LogP contribution < -0.4 is 0 Å². The molecule has 0 spiro atoms. The Morgan fingerprint density at radius 2 is 2.17 bits per heavy atom. The summed E-state index contributed by atoms with van der Waals surface area (Å²) in [6.45, 7) is 2.65. The first-order valence-corrected chi connectivity index (χ1v) is 7.08. The smallest absolute Gasteiger partial charge is 0.236 e. The predicted molar refractivity (Wildman–Crippen MR) is 71.2 cm³/mol. The topological polar surface area (TPSA) is 43.8 Å². The summed E-state index contributed by atoms with van der Waals surface area (Å²) in [5.41, 5.74) is 0.0615. The number of likely N-dealkylation sites (N-methyl/N-ethyl adjacent to an activating group) is 1. The van der Waals surface area contributed by atoms with E-state index < -0.39 is 0 Å². The van der Waals surface area contributed by atoms with Crippen LogP contribution in [0.4, 0.5) is 0 Å². The van der Waals surface area contributed by atoms with Crippen LogP contribution in [-0.4, -0.2) is 61.2 Å². The van der Waals surface area contributed by atoms with Gasteiger partial charge in [-0.3, -0.25) is 9.69 Å². The van der Waals surface area contributed by atoms with E-state index in [-0.39, 0.29) is 17.9 Å². The highest BCUT2D eigenvalue weighted by molar-refractivity contribution is 5.77. The fraction of sp³-hybridized carbons (Fsp3) is 0.929. The molecule has 2 rings (SSSR count). The molecule has 1 saturated carbocycles. The van der Waals surface area contributed by atoms with Crippen LogP contribution in [0.1, 0.15) is 32.1 Å². The van der Waals surface area contributed by atoms with Gasteiger partial charge in [0.2, 0.25) is 5.91 Å². The van der Waals surface area contributed by atoms with Crippen molar-refractivity contribution < 1.29 is 9.90 Å². The molecule has 0 aromatic rings. The minimum absolute atomic E-state index is 0.0615. The molecular weight excluding hydrogens is 228 g/mol. The molecule has 1 aliphatic carbocycles. The quantitative estimate of drug-likeness (QED) is 0.794. The molecule has 2 fully saturated rings. The van der Waals surface area contributed by atoms with Gasteiger partial charge in [-0.2, -0.15) is 0 Å². The molecule has 0 unspecified atom stereocenters. The Morgan fingerprint density at radius 3 is 2.72 bits per heavy atom. The standard InChI is InChI=1S/C14H26N2O2/c1-15(2)13(18)9-16-7-3-6-14(10-16,11-17)8-12-4-5-12/h12,17H,3-11H2,1-2H3/t14-/m1/s1. The molecule has 0 radical (unpaired) electrons. The number of aliphatic hydroxyl groups excluding tert-OH is 1. The van der Waals surface area contributed by atoms with Crippen molar-refractivity contribution in [3.8, 4) is 0 Å². The van der Waals surface area contributed by atoms with Crippen molar-refractivity contribution in [2.75, 3.05) is 40.3 Å². The molecule has 18 heavy (non-hydrogen) atoms. The molecule has 1 heterocycles. The Labute approximate surface area is 110 Å². The van der Waals surface area contributed by atoms with Crippen molar-refractivity contribution in [1.29, 1.82) is 0 Å². The number of amides is 1. The summed E-state index contributed by atoms with van der Waals surface area (Å²) in [6.07, 6.45) is 6.04. The van der Waals surface area contributed by atoms with Crippen molar-refractivity contribution in [1.82, 2.24) is 9.80 Å². The maximum absolute atomic E-state index is 11.8. The summed E-state index contributed by atoms with van der Waals surface area (Å²) >= 11 is 0. The van der Waals surface area contributed by atoms with Crippen LogP contribution in [0.25, 0.3) is 0 Å². The van der Waals surface area contributed by atoms with Gasteiger partial charge in [-0.25, -0.2) is 0 Å². The fourth-order valence-electron chi connectivity index (χ4n) is 3.07. The van der Waals surface area contributed by atoms with Gasteiger partial charge in [0.05, 0.1) is 6.54 Å². The summed E-state index contributed by atoms with van der Waals surface area (Å²) in [4.78, 5) is 15.6. The lowest BCUT2D eigenvalue weighted by atomic mass is 9.76. The second-order valence-electron chi connectivity index (χ2n) is 6.41. The number of carbonyl (C=O) groups is 1. The minimum atomic E-state index is 0.0615. The highest BCUT2D eigenvalue weighted by Gasteiger charge is 2.40. The monoisotopic (exact) mass is 254 g/mol. The molecule has 4 heteroatoms. The van der Waals surface area contributed by atoms with Crippen LogP contribution >= 0.6 is 0 Å². The average molecular weight is 254 g/mol. The maximum atomic E-state index is 11.8. The van der Waals surface area contributed by atoms with Crippen LogP contribution in [0.3, 0.4) is 0 Å². The van der Waals surface area contributed by atoms with E-state index in [0.29, 0.717) is 6.54 Å². The second-order valence-corrected chi connectivity index (χ2v) is 6.41. The van der Waals surface area contributed by atoms with Crippen LogP contribution in [0, 0.1) is 11.3 Å². The number of carbonyl (C=O) groups excluding carboxylic acids is 1. The predicted octanol–water partition coefficient (Wildman–Crippen LogP) is 0.949. The number of hydrogen-bond acceptors (Lipinski definition) is 3. The average Bonchev–Trinajstić information content (AvgIpc) is 3.13. The molecule has 1 aliphatic heterocycles. The lowest BCUT2D eigenvalue weighted by molar-refractivity contribution is -0.131. The molecule has 0 bridgehead atoms. The van der Waals surface area contributed by atoms with Gasteiger partial charge in [0.15, 0.2) is 0 Å². The van der Waals surface area contributed by atoms with E-state index in [0.717, 1.165) is 38.3 Å². The number of hydrogen-bond donors (Lipinski definition) is 1. The van der Waals surface area contributed by atoms with Gasteiger partial charge in [0, 0.05) is 32.7 Å². The summed E-state index contributed by atoms with van der Waals surface area (Å²) in [7, 11) is 3.60. The first-order valence-electron chi connectivity index (χ1n) is 7.08. The maximum Gasteiger partial charge on any atom is 0.236 e. The lowest BCUT2D eigenvalue weighted by Gasteiger charge is -2.42. The molecular formula is C14H26N2O2. The third-order valence-electron chi connectivity index (χ3n) is 4.35. The Bertz CT molecular complexity index is 302. The number of likely N-dealkylation sites (tertiary alicyclic amines) is 1. The molecule has 0 aromatic carbocycles. The zero-order valence-electron chi connectivity index (χ0n) is 11.7. The van der Waals surface area contributed by atoms with Crippen molar-refractivity contribution in [3.63, 3.8) is 0 Å². The van der Waals surface area contributed by atoms with Crippen molar-refractivity contribution >= 4 is 5.91 Å². The Kier molecular flexibility index (Phi) is 4.28. The molecule has 1 N–H and O–H groups in total. The van der Waals surface area contributed by atoms with E-state index in [1.165, 1.54) is 12.8 Å². The summed E-state index contributed by atoms with van der Waals surface area (Å²) in [5.74, 6) is 0.997. The highest BCUT2D eigenvalue weighted by Crippen LogP contribution is 2.44. The summed E-state index contributed by atoms with van der Waals surface area (Å²) in [5, 5.41) is 9.76. The molecule has 2 aliphatic rings. The van der Waals surface area contributed by atoms with Gasteiger partial charge in [-0.1, -0.05) is 12.8 Å². The van der Waals surface area contributed by atoms with Gasteiger partial charge in [-0.15, -0.1) is 0 Å². The molecule has 4 nitrogen and oxygen atoms in total. The third-order valence-corrected chi connectivity index (χ3v) is 4.35. The fourth-order valence-corrected chi connectivity index (χ4v) is 3.07. The van der Waals surface area contributed by atoms with E-state index in [4.69, 9.17) is 0 Å². The molecule has 104 valence electrons. The molecule has 1 amide bonds. The Morgan fingerprint density at radius 1 is 1.44 bits per heavy atom. The molecule has 1 atom stereocenters. The van der Waals surface area contributed by atoms with E-state index in [1.807, 2.05) is 0 Å². The Balaban J connectivity index is 1.91. The van der Waals surface area contributed by atoms with Crippen LogP contribution in [0.5, 0.6) is 0 Å². The first-order chi connectivity index (χ1) is 8.54. The zero-order valence-corrected chi connectivity index (χ0v) is 11.7. The minimum Gasteiger partial charge on any atom is -0.396 e. The van der Waals surface area contributed by atoms with Crippen molar-refractivity contribution in [3.05, 3.63) is 0 Å².